The lowest BCUT2D eigenvalue weighted by Gasteiger charge is -2.25. The van der Waals surface area contributed by atoms with Gasteiger partial charge in [0.2, 0.25) is 0 Å². The number of ether oxygens (including phenoxy) is 3. The third kappa shape index (κ3) is 6.35. The van der Waals surface area contributed by atoms with Crippen molar-refractivity contribution in [1.29, 1.82) is 0 Å². The molecule has 0 aliphatic carbocycles. The predicted molar refractivity (Wildman–Crippen MR) is 165 cm³/mol. The fourth-order valence-corrected chi connectivity index (χ4v) is 5.93. The van der Waals surface area contributed by atoms with Gasteiger partial charge in [-0.2, -0.15) is 0 Å². The molecule has 0 bridgehead atoms. The summed E-state index contributed by atoms with van der Waals surface area (Å²) in [5.41, 5.74) is 3.12. The van der Waals surface area contributed by atoms with Gasteiger partial charge in [0.05, 0.1) is 34.6 Å². The number of carbonyl (C=O) groups is 1. The second-order valence-corrected chi connectivity index (χ2v) is 11.4. The second kappa shape index (κ2) is 12.8. The molecule has 0 saturated carbocycles. The zero-order valence-corrected chi connectivity index (χ0v) is 25.4. The molecule has 0 radical (unpaired) electrons. The molecule has 0 amide bonds. The Hall–Kier alpha value is -4.14. The Kier molecular flexibility index (Phi) is 8.94. The van der Waals surface area contributed by atoms with Crippen LogP contribution in [0.1, 0.15) is 50.4 Å². The molecule has 9 heteroatoms. The molecule has 42 heavy (non-hydrogen) atoms. The highest BCUT2D eigenvalue weighted by atomic mass is 35.5. The first-order chi connectivity index (χ1) is 20.2. The average Bonchev–Trinajstić information content (AvgIpc) is 3.26. The fourth-order valence-electron chi connectivity index (χ4n) is 4.70. The number of hydrogen-bond acceptors (Lipinski definition) is 7. The van der Waals surface area contributed by atoms with Crippen LogP contribution >= 0.6 is 22.9 Å². The van der Waals surface area contributed by atoms with Crippen molar-refractivity contribution in [3.63, 3.8) is 0 Å². The minimum Gasteiger partial charge on any atom is -0.491 e. The number of carbonyl (C=O) groups excluding carboxylic acids is 1. The Morgan fingerprint density at radius 1 is 1.05 bits per heavy atom. The van der Waals surface area contributed by atoms with E-state index in [1.54, 1.807) is 18.4 Å². The highest BCUT2D eigenvalue weighted by Gasteiger charge is 2.33. The molecule has 0 N–H and O–H groups in total. The summed E-state index contributed by atoms with van der Waals surface area (Å²) in [6.07, 6.45) is 1.84. The zero-order chi connectivity index (χ0) is 29.8. The van der Waals surface area contributed by atoms with E-state index in [0.29, 0.717) is 43.7 Å². The lowest BCUT2D eigenvalue weighted by atomic mass is 9.96. The molecule has 0 unspecified atom stereocenters. The molecule has 1 aliphatic rings. The Labute approximate surface area is 253 Å². The lowest BCUT2D eigenvalue weighted by molar-refractivity contribution is -0.139. The molecule has 4 aromatic rings. The van der Waals surface area contributed by atoms with E-state index in [1.165, 1.54) is 11.3 Å². The Bertz CT molecular complexity index is 1800. The molecule has 1 aromatic heterocycles. The summed E-state index contributed by atoms with van der Waals surface area (Å²) in [7, 11) is 0. The van der Waals surface area contributed by atoms with E-state index in [1.807, 2.05) is 92.7 Å². The molecule has 5 rings (SSSR count). The molecule has 216 valence electrons. The van der Waals surface area contributed by atoms with Crippen LogP contribution in [0.4, 0.5) is 0 Å². The van der Waals surface area contributed by atoms with Crippen LogP contribution in [0.15, 0.2) is 93.9 Å². The van der Waals surface area contributed by atoms with Gasteiger partial charge in [-0.3, -0.25) is 9.36 Å². The fraction of sp³-hybridized carbons (Fsp3) is 0.242. The third-order valence-corrected chi connectivity index (χ3v) is 7.97. The number of aromatic nitrogens is 1. The first-order valence-electron chi connectivity index (χ1n) is 13.7. The van der Waals surface area contributed by atoms with E-state index < -0.39 is 12.0 Å². The SMILES string of the molecule is CCOC(=O)C1=C(C)N=c2s/c(=C\c3ccc(OCc4ccccc4Cl)cc3)c(=O)n2[C@H]1c1ccc(OC(C)C)cc1. The van der Waals surface area contributed by atoms with Gasteiger partial charge in [-0.25, -0.2) is 9.79 Å². The van der Waals surface area contributed by atoms with Crippen molar-refractivity contribution in [2.24, 2.45) is 4.99 Å². The summed E-state index contributed by atoms with van der Waals surface area (Å²) in [5, 5.41) is 0.656. The number of hydrogen-bond donors (Lipinski definition) is 0. The highest BCUT2D eigenvalue weighted by Crippen LogP contribution is 2.32. The van der Waals surface area contributed by atoms with Gasteiger partial charge in [-0.1, -0.05) is 65.4 Å². The number of esters is 1. The summed E-state index contributed by atoms with van der Waals surface area (Å²) in [6, 6.07) is 21.8. The zero-order valence-electron chi connectivity index (χ0n) is 23.8. The molecule has 3 aromatic carbocycles. The van der Waals surface area contributed by atoms with Crippen molar-refractivity contribution >= 4 is 35.0 Å². The molecule has 1 atom stereocenters. The summed E-state index contributed by atoms with van der Waals surface area (Å²) in [6.45, 7) is 8.00. The van der Waals surface area contributed by atoms with Gasteiger partial charge >= 0.3 is 5.97 Å². The quantitative estimate of drug-likeness (QED) is 0.226. The first kappa shape index (κ1) is 29.4. The van der Waals surface area contributed by atoms with Gasteiger partial charge in [0.25, 0.3) is 5.56 Å². The standard InChI is InChI=1S/C33H31ClN2O5S/c1-5-39-32(38)29-21(4)35-33-36(30(29)23-12-16-26(17-13-23)41-20(2)3)31(37)28(42-33)18-22-10-14-25(15-11-22)40-19-24-8-6-7-9-27(24)34/h6-18,20,30H,5,19H2,1-4H3/b28-18-/t30-/m0/s1. The molecular weight excluding hydrogens is 572 g/mol. The van der Waals surface area contributed by atoms with Crippen LogP contribution in [0, 0.1) is 0 Å². The number of nitrogens with zero attached hydrogens (tertiary/aromatic N) is 2. The number of rotatable bonds is 9. The van der Waals surface area contributed by atoms with Gasteiger partial charge in [-0.05, 0) is 75.2 Å². The predicted octanol–water partition coefficient (Wildman–Crippen LogP) is 5.82. The summed E-state index contributed by atoms with van der Waals surface area (Å²) in [5.74, 6) is 0.903. The normalized spacial score (nSPS) is 14.9. The molecule has 2 heterocycles. The highest BCUT2D eigenvalue weighted by molar-refractivity contribution is 7.07. The van der Waals surface area contributed by atoms with E-state index in [0.717, 1.165) is 16.7 Å². The van der Waals surface area contributed by atoms with Gasteiger partial charge in [0.15, 0.2) is 4.80 Å². The molecule has 0 fully saturated rings. The molecule has 0 spiro atoms. The van der Waals surface area contributed by atoms with E-state index in [9.17, 15) is 9.59 Å². The van der Waals surface area contributed by atoms with E-state index in [-0.39, 0.29) is 18.3 Å². The van der Waals surface area contributed by atoms with Gasteiger partial charge < -0.3 is 14.2 Å². The van der Waals surface area contributed by atoms with Crippen LogP contribution in [0.2, 0.25) is 5.02 Å². The maximum atomic E-state index is 13.9. The maximum absolute atomic E-state index is 13.9. The minimum atomic E-state index is -0.684. The first-order valence-corrected chi connectivity index (χ1v) is 14.9. The van der Waals surface area contributed by atoms with Crippen LogP contribution < -0.4 is 24.4 Å². The largest absolute Gasteiger partial charge is 0.491 e. The summed E-state index contributed by atoms with van der Waals surface area (Å²) >= 11 is 7.51. The third-order valence-electron chi connectivity index (χ3n) is 6.61. The number of thiazole rings is 1. The van der Waals surface area contributed by atoms with E-state index >= 15 is 0 Å². The van der Waals surface area contributed by atoms with Crippen molar-refractivity contribution in [1.82, 2.24) is 4.57 Å². The molecule has 7 nitrogen and oxygen atoms in total. The van der Waals surface area contributed by atoms with Crippen LogP contribution in [-0.4, -0.2) is 23.2 Å². The minimum absolute atomic E-state index is 0.0220. The molecule has 0 saturated heterocycles. The van der Waals surface area contributed by atoms with Crippen LogP contribution in [-0.2, 0) is 16.1 Å². The monoisotopic (exact) mass is 602 g/mol. The van der Waals surface area contributed by atoms with E-state index in [4.69, 9.17) is 25.8 Å². The summed E-state index contributed by atoms with van der Waals surface area (Å²) < 4.78 is 19.2. The molecule has 1 aliphatic heterocycles. The summed E-state index contributed by atoms with van der Waals surface area (Å²) in [4.78, 5) is 32.1. The van der Waals surface area contributed by atoms with Crippen LogP contribution in [0.25, 0.3) is 6.08 Å². The number of halogens is 1. The van der Waals surface area contributed by atoms with Crippen molar-refractivity contribution in [2.75, 3.05) is 6.61 Å². The topological polar surface area (TPSA) is 79.1 Å². The number of benzene rings is 3. The Balaban J connectivity index is 1.49. The second-order valence-electron chi connectivity index (χ2n) is 9.99. The van der Waals surface area contributed by atoms with Crippen molar-refractivity contribution in [3.05, 3.63) is 125 Å². The van der Waals surface area contributed by atoms with Crippen molar-refractivity contribution in [3.8, 4) is 11.5 Å². The average molecular weight is 603 g/mol. The van der Waals surface area contributed by atoms with Crippen LogP contribution in [0.5, 0.6) is 11.5 Å². The maximum Gasteiger partial charge on any atom is 0.338 e. The van der Waals surface area contributed by atoms with Gasteiger partial charge in [-0.15, -0.1) is 0 Å². The lowest BCUT2D eigenvalue weighted by Crippen LogP contribution is -2.39. The van der Waals surface area contributed by atoms with Crippen molar-refractivity contribution < 1.29 is 19.0 Å². The number of allylic oxidation sites excluding steroid dienone is 1. The smallest absolute Gasteiger partial charge is 0.338 e. The van der Waals surface area contributed by atoms with Crippen LogP contribution in [0.3, 0.4) is 0 Å². The Morgan fingerprint density at radius 3 is 2.40 bits per heavy atom. The van der Waals surface area contributed by atoms with Gasteiger partial charge in [0, 0.05) is 10.6 Å². The van der Waals surface area contributed by atoms with Gasteiger partial charge in [0.1, 0.15) is 18.1 Å². The van der Waals surface area contributed by atoms with Crippen molar-refractivity contribution in [2.45, 2.75) is 46.4 Å². The Morgan fingerprint density at radius 2 is 1.74 bits per heavy atom. The van der Waals surface area contributed by atoms with E-state index in [2.05, 4.69) is 4.99 Å². The molecular formula is C33H31ClN2O5S. The number of fused-ring (bicyclic) bond motifs is 1.